The Bertz CT molecular complexity index is 722. The van der Waals surface area contributed by atoms with E-state index in [-0.39, 0.29) is 0 Å². The first-order valence-corrected chi connectivity index (χ1v) is 9.70. The van der Waals surface area contributed by atoms with Crippen LogP contribution in [0.1, 0.15) is 30.9 Å². The van der Waals surface area contributed by atoms with E-state index in [4.69, 9.17) is 4.98 Å². The highest BCUT2D eigenvalue weighted by Gasteiger charge is 2.20. The Hall–Kier alpha value is -2.30. The van der Waals surface area contributed by atoms with Crippen LogP contribution in [0.5, 0.6) is 0 Å². The van der Waals surface area contributed by atoms with Gasteiger partial charge in [-0.25, -0.2) is 4.98 Å². The first-order valence-electron chi connectivity index (χ1n) is 9.70. The Morgan fingerprint density at radius 3 is 2.50 bits per heavy atom. The van der Waals surface area contributed by atoms with Crippen molar-refractivity contribution >= 4 is 17.5 Å². The van der Waals surface area contributed by atoms with Gasteiger partial charge in [0.1, 0.15) is 5.82 Å². The fourth-order valence-corrected chi connectivity index (χ4v) is 3.45. The lowest BCUT2D eigenvalue weighted by atomic mass is 10.1. The van der Waals surface area contributed by atoms with Crippen LogP contribution in [-0.4, -0.2) is 49.7 Å². The van der Waals surface area contributed by atoms with Crippen molar-refractivity contribution in [2.45, 2.75) is 33.6 Å². The molecule has 5 nitrogen and oxygen atoms in total. The van der Waals surface area contributed by atoms with E-state index in [0.29, 0.717) is 0 Å². The molecule has 1 saturated heterocycles. The van der Waals surface area contributed by atoms with Gasteiger partial charge in [-0.15, -0.1) is 0 Å². The molecule has 0 radical (unpaired) electrons. The zero-order valence-electron chi connectivity index (χ0n) is 16.6. The van der Waals surface area contributed by atoms with Crippen molar-refractivity contribution in [1.29, 1.82) is 0 Å². The summed E-state index contributed by atoms with van der Waals surface area (Å²) in [5.41, 5.74) is 4.12. The molecule has 1 aliphatic rings. The number of nitrogens with zero attached hydrogens (tertiary/aromatic N) is 5. The van der Waals surface area contributed by atoms with Gasteiger partial charge in [0.25, 0.3) is 0 Å². The second kappa shape index (κ2) is 8.39. The van der Waals surface area contributed by atoms with Crippen LogP contribution in [0.15, 0.2) is 30.5 Å². The number of benzene rings is 1. The molecule has 5 heteroatoms. The summed E-state index contributed by atoms with van der Waals surface area (Å²) in [5.74, 6) is 1.87. The van der Waals surface area contributed by atoms with Gasteiger partial charge in [0.2, 0.25) is 5.95 Å². The minimum Gasteiger partial charge on any atom is -0.368 e. The molecule has 0 bridgehead atoms. The number of hydrogen-bond donors (Lipinski definition) is 0. The summed E-state index contributed by atoms with van der Waals surface area (Å²) in [6.07, 6.45) is 4.24. The van der Waals surface area contributed by atoms with Gasteiger partial charge in [0, 0.05) is 51.7 Å². The number of anilines is 3. The molecule has 1 aromatic carbocycles. The fourth-order valence-electron chi connectivity index (χ4n) is 3.45. The van der Waals surface area contributed by atoms with Crippen LogP contribution in [0.3, 0.4) is 0 Å². The van der Waals surface area contributed by atoms with Crippen LogP contribution in [0.25, 0.3) is 0 Å². The van der Waals surface area contributed by atoms with E-state index in [9.17, 15) is 0 Å². The second-order valence-electron chi connectivity index (χ2n) is 7.18. The molecular weight excluding hydrogens is 322 g/mol. The van der Waals surface area contributed by atoms with Crippen LogP contribution in [0.4, 0.5) is 17.5 Å². The van der Waals surface area contributed by atoms with Crippen molar-refractivity contribution in [3.8, 4) is 0 Å². The van der Waals surface area contributed by atoms with Crippen molar-refractivity contribution in [2.75, 3.05) is 54.5 Å². The van der Waals surface area contributed by atoms with Crippen LogP contribution in [0.2, 0.25) is 0 Å². The van der Waals surface area contributed by atoms with Gasteiger partial charge in [-0.2, -0.15) is 4.98 Å². The zero-order chi connectivity index (χ0) is 18.5. The standard InChI is InChI=1S/C21H31N5/c1-5-6-12-24(4)21-22-11-10-20(23-21)26-15-13-25(14-16-26)19-9-7-8-17(2)18(19)3/h7-11H,5-6,12-16H2,1-4H3. The normalized spacial score (nSPS) is 14.6. The highest BCUT2D eigenvalue weighted by molar-refractivity contribution is 5.57. The molecule has 0 atom stereocenters. The third kappa shape index (κ3) is 4.09. The highest BCUT2D eigenvalue weighted by atomic mass is 15.3. The highest BCUT2D eigenvalue weighted by Crippen LogP contribution is 2.25. The summed E-state index contributed by atoms with van der Waals surface area (Å²) in [7, 11) is 2.08. The molecule has 1 aliphatic heterocycles. The molecule has 1 fully saturated rings. The number of hydrogen-bond acceptors (Lipinski definition) is 5. The van der Waals surface area contributed by atoms with E-state index in [0.717, 1.165) is 44.5 Å². The smallest absolute Gasteiger partial charge is 0.226 e. The number of piperazine rings is 1. The van der Waals surface area contributed by atoms with Crippen LogP contribution in [0, 0.1) is 13.8 Å². The molecule has 3 rings (SSSR count). The summed E-state index contributed by atoms with van der Waals surface area (Å²) in [6.45, 7) is 11.6. The maximum Gasteiger partial charge on any atom is 0.226 e. The second-order valence-corrected chi connectivity index (χ2v) is 7.18. The molecule has 0 saturated carbocycles. The molecule has 0 aliphatic carbocycles. The Balaban J connectivity index is 1.65. The minimum absolute atomic E-state index is 0.827. The number of aryl methyl sites for hydroxylation is 1. The zero-order valence-corrected chi connectivity index (χ0v) is 16.6. The van der Waals surface area contributed by atoms with Crippen LogP contribution < -0.4 is 14.7 Å². The first-order chi connectivity index (χ1) is 12.6. The van der Waals surface area contributed by atoms with Gasteiger partial charge in [-0.05, 0) is 43.5 Å². The molecule has 0 unspecified atom stereocenters. The molecular formula is C21H31N5. The van der Waals surface area contributed by atoms with Crippen molar-refractivity contribution in [3.63, 3.8) is 0 Å². The van der Waals surface area contributed by atoms with Crippen LogP contribution >= 0.6 is 0 Å². The van der Waals surface area contributed by atoms with Crippen molar-refractivity contribution < 1.29 is 0 Å². The Labute approximate surface area is 157 Å². The van der Waals surface area contributed by atoms with Gasteiger partial charge in [-0.1, -0.05) is 25.5 Å². The van der Waals surface area contributed by atoms with E-state index < -0.39 is 0 Å². The van der Waals surface area contributed by atoms with Crippen LogP contribution in [-0.2, 0) is 0 Å². The largest absolute Gasteiger partial charge is 0.368 e. The molecule has 140 valence electrons. The van der Waals surface area contributed by atoms with Crippen molar-refractivity contribution in [2.24, 2.45) is 0 Å². The molecule has 2 heterocycles. The van der Waals surface area contributed by atoms with E-state index in [2.05, 4.69) is 65.7 Å². The van der Waals surface area contributed by atoms with Gasteiger partial charge in [0.05, 0.1) is 0 Å². The summed E-state index contributed by atoms with van der Waals surface area (Å²) in [4.78, 5) is 16.3. The minimum atomic E-state index is 0.827. The lowest BCUT2D eigenvalue weighted by Gasteiger charge is -2.37. The third-order valence-electron chi connectivity index (χ3n) is 5.34. The summed E-state index contributed by atoms with van der Waals surface area (Å²) in [6, 6.07) is 8.62. The third-order valence-corrected chi connectivity index (χ3v) is 5.34. The predicted octanol–water partition coefficient (Wildman–Crippen LogP) is 3.66. The molecule has 0 spiro atoms. The Morgan fingerprint density at radius 1 is 1.04 bits per heavy atom. The maximum atomic E-state index is 4.80. The molecule has 0 amide bonds. The SMILES string of the molecule is CCCCN(C)c1nccc(N2CCN(c3cccc(C)c3C)CC2)n1. The average molecular weight is 354 g/mol. The molecule has 26 heavy (non-hydrogen) atoms. The molecule has 2 aromatic rings. The monoisotopic (exact) mass is 353 g/mol. The molecule has 0 N–H and O–H groups in total. The maximum absolute atomic E-state index is 4.80. The fraction of sp³-hybridized carbons (Fsp3) is 0.524. The van der Waals surface area contributed by atoms with E-state index in [1.54, 1.807) is 0 Å². The summed E-state index contributed by atoms with van der Waals surface area (Å²) in [5, 5.41) is 0. The van der Waals surface area contributed by atoms with E-state index >= 15 is 0 Å². The van der Waals surface area contributed by atoms with Gasteiger partial charge < -0.3 is 14.7 Å². The van der Waals surface area contributed by atoms with E-state index in [1.165, 1.54) is 29.7 Å². The lowest BCUT2D eigenvalue weighted by molar-refractivity contribution is 0.644. The van der Waals surface area contributed by atoms with Gasteiger partial charge in [0.15, 0.2) is 0 Å². The summed E-state index contributed by atoms with van der Waals surface area (Å²) < 4.78 is 0. The average Bonchev–Trinajstić information content (AvgIpc) is 2.68. The predicted molar refractivity (Wildman–Crippen MR) is 111 cm³/mol. The van der Waals surface area contributed by atoms with Gasteiger partial charge in [-0.3, -0.25) is 0 Å². The number of aromatic nitrogens is 2. The number of unbranched alkanes of at least 4 members (excludes halogenated alkanes) is 1. The topological polar surface area (TPSA) is 35.5 Å². The lowest BCUT2D eigenvalue weighted by Crippen LogP contribution is -2.47. The van der Waals surface area contributed by atoms with Crippen molar-refractivity contribution in [3.05, 3.63) is 41.6 Å². The quantitative estimate of drug-likeness (QED) is 0.792. The molecule has 1 aromatic heterocycles. The van der Waals surface area contributed by atoms with E-state index in [1.807, 2.05) is 12.3 Å². The first kappa shape index (κ1) is 18.5. The van der Waals surface area contributed by atoms with Gasteiger partial charge >= 0.3 is 0 Å². The Morgan fingerprint density at radius 2 is 1.77 bits per heavy atom. The Kier molecular flexibility index (Phi) is 5.96. The number of rotatable bonds is 6. The summed E-state index contributed by atoms with van der Waals surface area (Å²) >= 11 is 0. The van der Waals surface area contributed by atoms with Crippen molar-refractivity contribution in [1.82, 2.24) is 9.97 Å².